The molecule has 1 aromatic heterocycles. The smallest absolute Gasteiger partial charge is 0.169 e. The van der Waals surface area contributed by atoms with E-state index < -0.39 is 0 Å². The van der Waals surface area contributed by atoms with Gasteiger partial charge in [-0.05, 0) is 46.5 Å². The average Bonchev–Trinajstić information content (AvgIpc) is 2.70. The Kier molecular flexibility index (Phi) is 6.86. The highest BCUT2D eigenvalue weighted by Crippen LogP contribution is 2.26. The normalized spacial score (nSPS) is 11.1. The average molecular weight is 362 g/mol. The second kappa shape index (κ2) is 9.55. The molecule has 2 heteroatoms. The molecule has 0 aliphatic rings. The van der Waals surface area contributed by atoms with Gasteiger partial charge in [-0.3, -0.25) is 0 Å². The van der Waals surface area contributed by atoms with E-state index in [1.165, 1.54) is 66.1 Å². The summed E-state index contributed by atoms with van der Waals surface area (Å²) in [6.07, 6.45) is 12.5. The summed E-state index contributed by atoms with van der Waals surface area (Å²) in [5, 5.41) is 2.58. The van der Waals surface area contributed by atoms with Crippen LogP contribution in [0.3, 0.4) is 0 Å². The number of pyridine rings is 1. The minimum absolute atomic E-state index is 1.12. The lowest BCUT2D eigenvalue weighted by Gasteiger charge is -2.13. The number of fused-ring (bicyclic) bond motifs is 1. The number of rotatable bonds is 9. The van der Waals surface area contributed by atoms with Crippen molar-refractivity contribution in [1.82, 2.24) is 0 Å². The third kappa shape index (κ3) is 5.32. The molecule has 27 heavy (non-hydrogen) atoms. The maximum Gasteiger partial charge on any atom is 0.169 e. The minimum Gasteiger partial charge on any atom is -0.378 e. The second-order valence-corrected chi connectivity index (χ2v) is 7.73. The van der Waals surface area contributed by atoms with Crippen LogP contribution < -0.4 is 9.47 Å². The molecule has 1 heterocycles. The first-order valence-electron chi connectivity index (χ1n) is 10.4. The highest BCUT2D eigenvalue weighted by molar-refractivity contribution is 5.89. The van der Waals surface area contributed by atoms with Crippen LogP contribution in [-0.4, -0.2) is 14.1 Å². The SMILES string of the molecule is CCCCCCCC[n+]1ccc(-c2ccc3cc(N(C)C)ccc3c2)cc1. The van der Waals surface area contributed by atoms with Crippen LogP contribution >= 0.6 is 0 Å². The molecule has 0 unspecified atom stereocenters. The maximum atomic E-state index is 2.31. The number of hydrogen-bond donors (Lipinski definition) is 0. The summed E-state index contributed by atoms with van der Waals surface area (Å²) in [5.74, 6) is 0. The van der Waals surface area contributed by atoms with Gasteiger partial charge in [-0.15, -0.1) is 0 Å². The summed E-state index contributed by atoms with van der Waals surface area (Å²) in [6.45, 7) is 3.39. The van der Waals surface area contributed by atoms with Gasteiger partial charge in [0.2, 0.25) is 0 Å². The van der Waals surface area contributed by atoms with Crippen LogP contribution in [-0.2, 0) is 6.54 Å². The molecule has 0 saturated carbocycles. The molecule has 3 rings (SSSR count). The molecule has 0 fully saturated rings. The molecular weight excluding hydrogens is 328 g/mol. The van der Waals surface area contributed by atoms with Crippen molar-refractivity contribution >= 4 is 16.5 Å². The number of aromatic nitrogens is 1. The fraction of sp³-hybridized carbons (Fsp3) is 0.400. The number of benzene rings is 2. The van der Waals surface area contributed by atoms with E-state index in [-0.39, 0.29) is 0 Å². The fourth-order valence-corrected chi connectivity index (χ4v) is 3.56. The van der Waals surface area contributed by atoms with E-state index in [2.05, 4.69) is 91.4 Å². The van der Waals surface area contributed by atoms with E-state index in [4.69, 9.17) is 0 Å². The van der Waals surface area contributed by atoms with Crippen molar-refractivity contribution in [3.05, 3.63) is 60.9 Å². The van der Waals surface area contributed by atoms with E-state index in [9.17, 15) is 0 Å². The Morgan fingerprint density at radius 3 is 2.11 bits per heavy atom. The second-order valence-electron chi connectivity index (χ2n) is 7.73. The topological polar surface area (TPSA) is 7.12 Å². The molecule has 0 radical (unpaired) electrons. The molecule has 0 spiro atoms. The van der Waals surface area contributed by atoms with Crippen LogP contribution in [0, 0.1) is 0 Å². The Morgan fingerprint density at radius 2 is 1.37 bits per heavy atom. The van der Waals surface area contributed by atoms with Crippen molar-refractivity contribution in [2.45, 2.75) is 52.0 Å². The van der Waals surface area contributed by atoms with Gasteiger partial charge in [0.1, 0.15) is 6.54 Å². The molecule has 0 N–H and O–H groups in total. The van der Waals surface area contributed by atoms with Crippen LogP contribution in [0.25, 0.3) is 21.9 Å². The van der Waals surface area contributed by atoms with Crippen LogP contribution in [0.5, 0.6) is 0 Å². The zero-order valence-corrected chi connectivity index (χ0v) is 17.1. The molecule has 0 bridgehead atoms. The zero-order valence-electron chi connectivity index (χ0n) is 17.1. The number of hydrogen-bond acceptors (Lipinski definition) is 1. The fourth-order valence-electron chi connectivity index (χ4n) is 3.56. The van der Waals surface area contributed by atoms with E-state index in [0.29, 0.717) is 0 Å². The predicted molar refractivity (Wildman–Crippen MR) is 117 cm³/mol. The van der Waals surface area contributed by atoms with Gasteiger partial charge in [0.05, 0.1) is 0 Å². The first kappa shape index (κ1) is 19.4. The van der Waals surface area contributed by atoms with E-state index >= 15 is 0 Å². The summed E-state index contributed by atoms with van der Waals surface area (Å²) >= 11 is 0. The van der Waals surface area contributed by atoms with Gasteiger partial charge in [0.15, 0.2) is 12.4 Å². The lowest BCUT2D eigenvalue weighted by atomic mass is 10.0. The van der Waals surface area contributed by atoms with Gasteiger partial charge in [-0.25, -0.2) is 4.57 Å². The standard InChI is InChI=1S/C25H33N2/c1-4-5-6-7-8-9-16-27-17-14-21(15-18-27)22-10-11-24-20-25(26(2)3)13-12-23(24)19-22/h10-15,17-20H,4-9,16H2,1-3H3/q+1. The number of nitrogens with zero attached hydrogens (tertiary/aromatic N) is 2. The van der Waals surface area contributed by atoms with Crippen LogP contribution in [0.1, 0.15) is 45.4 Å². The molecule has 3 aromatic rings. The first-order valence-corrected chi connectivity index (χ1v) is 10.4. The van der Waals surface area contributed by atoms with Crippen LogP contribution in [0.15, 0.2) is 60.9 Å². The lowest BCUT2D eigenvalue weighted by Crippen LogP contribution is -2.32. The molecular formula is C25H33N2+. The number of unbranched alkanes of at least 4 members (excludes halogenated alkanes) is 5. The Morgan fingerprint density at radius 1 is 0.704 bits per heavy atom. The highest BCUT2D eigenvalue weighted by atomic mass is 15.1. The molecule has 0 aliphatic heterocycles. The third-order valence-corrected chi connectivity index (χ3v) is 5.33. The van der Waals surface area contributed by atoms with Gasteiger partial charge < -0.3 is 4.90 Å². The number of aryl methyl sites for hydroxylation is 1. The van der Waals surface area contributed by atoms with Gasteiger partial charge in [-0.1, -0.05) is 50.8 Å². The Balaban J connectivity index is 1.63. The Hall–Kier alpha value is -2.35. The van der Waals surface area contributed by atoms with Crippen molar-refractivity contribution in [3.63, 3.8) is 0 Å². The molecule has 2 aromatic carbocycles. The molecule has 0 atom stereocenters. The van der Waals surface area contributed by atoms with Crippen molar-refractivity contribution in [2.75, 3.05) is 19.0 Å². The minimum atomic E-state index is 1.12. The summed E-state index contributed by atoms with van der Waals surface area (Å²) < 4.78 is 2.31. The van der Waals surface area contributed by atoms with E-state index in [0.717, 1.165) is 6.54 Å². The van der Waals surface area contributed by atoms with Gasteiger partial charge >= 0.3 is 0 Å². The zero-order chi connectivity index (χ0) is 19.1. The maximum absolute atomic E-state index is 2.31. The van der Waals surface area contributed by atoms with Crippen molar-refractivity contribution in [1.29, 1.82) is 0 Å². The van der Waals surface area contributed by atoms with E-state index in [1.807, 2.05) is 0 Å². The van der Waals surface area contributed by atoms with Gasteiger partial charge in [0.25, 0.3) is 0 Å². The van der Waals surface area contributed by atoms with Crippen molar-refractivity contribution in [2.24, 2.45) is 0 Å². The Labute approximate surface area is 164 Å². The first-order chi connectivity index (χ1) is 13.2. The third-order valence-electron chi connectivity index (χ3n) is 5.33. The summed E-state index contributed by atoms with van der Waals surface area (Å²) in [5.41, 5.74) is 3.81. The van der Waals surface area contributed by atoms with Crippen LogP contribution in [0.4, 0.5) is 5.69 Å². The van der Waals surface area contributed by atoms with Crippen LogP contribution in [0.2, 0.25) is 0 Å². The predicted octanol–water partition coefficient (Wildman–Crippen LogP) is 6.22. The highest BCUT2D eigenvalue weighted by Gasteiger charge is 2.05. The summed E-state index contributed by atoms with van der Waals surface area (Å²) in [7, 11) is 4.17. The summed E-state index contributed by atoms with van der Waals surface area (Å²) in [6, 6.07) is 17.9. The molecule has 142 valence electrons. The Bertz CT molecular complexity index is 850. The van der Waals surface area contributed by atoms with Gasteiger partial charge in [0, 0.05) is 38.3 Å². The quantitative estimate of drug-likeness (QED) is 0.324. The number of anilines is 1. The molecule has 0 aliphatic carbocycles. The molecule has 0 saturated heterocycles. The lowest BCUT2D eigenvalue weighted by molar-refractivity contribution is -0.697. The van der Waals surface area contributed by atoms with E-state index in [1.54, 1.807) is 0 Å². The molecule has 0 amide bonds. The van der Waals surface area contributed by atoms with Crippen molar-refractivity contribution in [3.8, 4) is 11.1 Å². The van der Waals surface area contributed by atoms with Gasteiger partial charge in [-0.2, -0.15) is 0 Å². The monoisotopic (exact) mass is 361 g/mol. The summed E-state index contributed by atoms with van der Waals surface area (Å²) in [4.78, 5) is 2.15. The largest absolute Gasteiger partial charge is 0.378 e. The molecule has 2 nitrogen and oxygen atoms in total. The van der Waals surface area contributed by atoms with Crippen molar-refractivity contribution < 1.29 is 4.57 Å².